The lowest BCUT2D eigenvalue weighted by molar-refractivity contribution is 0.145. The van der Waals surface area contributed by atoms with E-state index in [9.17, 15) is 0 Å². The molecule has 0 aliphatic rings. The highest BCUT2D eigenvalue weighted by atomic mass is 16.5. The maximum Gasteiger partial charge on any atom is 0.188 e. The zero-order chi connectivity index (χ0) is 15.7. The highest BCUT2D eigenvalue weighted by Crippen LogP contribution is 2.17. The van der Waals surface area contributed by atoms with Gasteiger partial charge in [-0.25, -0.2) is 0 Å². The number of likely N-dealkylation sites (N-methyl/N-ethyl adjacent to an activating group) is 1. The van der Waals surface area contributed by atoms with Gasteiger partial charge in [-0.05, 0) is 27.4 Å². The fourth-order valence-electron chi connectivity index (χ4n) is 1.95. The fourth-order valence-corrected chi connectivity index (χ4v) is 1.95. The summed E-state index contributed by atoms with van der Waals surface area (Å²) in [5.74, 6) is 0.474. The monoisotopic (exact) mass is 296 g/mol. The minimum Gasteiger partial charge on any atom is -0.382 e. The van der Waals surface area contributed by atoms with Gasteiger partial charge in [0.25, 0.3) is 0 Å². The molecule has 0 bridgehead atoms. The van der Waals surface area contributed by atoms with Gasteiger partial charge in [0, 0.05) is 38.6 Å². The van der Waals surface area contributed by atoms with Gasteiger partial charge in [0.1, 0.15) is 0 Å². The van der Waals surface area contributed by atoms with Crippen LogP contribution in [0.1, 0.15) is 24.9 Å². The van der Waals surface area contributed by atoms with Gasteiger partial charge < -0.3 is 20.7 Å². The molecule has 0 aromatic carbocycles. The number of nitrogens with one attached hydrogen (secondary N) is 1. The van der Waals surface area contributed by atoms with E-state index in [-0.39, 0.29) is 6.04 Å². The van der Waals surface area contributed by atoms with Crippen LogP contribution in [0.4, 0.5) is 0 Å². The molecule has 0 radical (unpaired) electrons. The normalized spacial score (nSPS) is 13.7. The van der Waals surface area contributed by atoms with Gasteiger partial charge in [-0.2, -0.15) is 5.10 Å². The molecular formula is C14H28N6O. The third-order valence-electron chi connectivity index (χ3n) is 3.14. The Morgan fingerprint density at radius 1 is 1.57 bits per heavy atom. The summed E-state index contributed by atoms with van der Waals surface area (Å²) >= 11 is 0. The Morgan fingerprint density at radius 3 is 2.90 bits per heavy atom. The third kappa shape index (κ3) is 6.59. The van der Waals surface area contributed by atoms with Crippen LogP contribution in [0.15, 0.2) is 17.4 Å². The van der Waals surface area contributed by atoms with Crippen LogP contribution in [0.25, 0.3) is 0 Å². The predicted octanol–water partition coefficient (Wildman–Crippen LogP) is 0.354. The van der Waals surface area contributed by atoms with Gasteiger partial charge in [-0.15, -0.1) is 0 Å². The Labute approximate surface area is 127 Å². The van der Waals surface area contributed by atoms with Gasteiger partial charge in [0.2, 0.25) is 0 Å². The molecule has 3 N–H and O–H groups in total. The molecule has 1 atom stereocenters. The third-order valence-corrected chi connectivity index (χ3v) is 3.14. The minimum absolute atomic E-state index is 0.169. The lowest BCUT2D eigenvalue weighted by atomic mass is 10.1. The molecule has 0 amide bonds. The number of ether oxygens (including phenoxy) is 1. The van der Waals surface area contributed by atoms with Gasteiger partial charge >= 0.3 is 0 Å². The van der Waals surface area contributed by atoms with Crippen molar-refractivity contribution in [3.8, 4) is 0 Å². The second kappa shape index (κ2) is 9.36. The zero-order valence-electron chi connectivity index (χ0n) is 13.5. The van der Waals surface area contributed by atoms with E-state index in [0.29, 0.717) is 12.5 Å². The van der Waals surface area contributed by atoms with Crippen molar-refractivity contribution in [2.75, 3.05) is 40.4 Å². The zero-order valence-corrected chi connectivity index (χ0v) is 13.5. The first-order valence-electron chi connectivity index (χ1n) is 7.31. The molecule has 0 saturated heterocycles. The molecule has 0 fully saturated rings. The summed E-state index contributed by atoms with van der Waals surface area (Å²) in [6.45, 7) is 4.85. The van der Waals surface area contributed by atoms with E-state index in [1.807, 2.05) is 40.5 Å². The lowest BCUT2D eigenvalue weighted by Gasteiger charge is -2.21. The van der Waals surface area contributed by atoms with E-state index in [1.54, 1.807) is 4.68 Å². The van der Waals surface area contributed by atoms with Crippen molar-refractivity contribution in [1.29, 1.82) is 0 Å². The van der Waals surface area contributed by atoms with Crippen molar-refractivity contribution in [3.63, 3.8) is 0 Å². The number of hydrogen-bond acceptors (Lipinski definition) is 4. The van der Waals surface area contributed by atoms with Crippen LogP contribution >= 0.6 is 0 Å². The van der Waals surface area contributed by atoms with Crippen LogP contribution in [0.2, 0.25) is 0 Å². The minimum atomic E-state index is 0.169. The topological polar surface area (TPSA) is 80.7 Å². The van der Waals surface area contributed by atoms with Crippen LogP contribution in [0.5, 0.6) is 0 Å². The van der Waals surface area contributed by atoms with Gasteiger partial charge in [-0.3, -0.25) is 9.67 Å². The summed E-state index contributed by atoms with van der Waals surface area (Å²) in [6.07, 6.45) is 4.79. The summed E-state index contributed by atoms with van der Waals surface area (Å²) in [6, 6.07) is 0.169. The molecule has 7 nitrogen and oxygen atoms in total. The second-order valence-electron chi connectivity index (χ2n) is 5.13. The van der Waals surface area contributed by atoms with Crippen LogP contribution in [-0.4, -0.2) is 61.0 Å². The highest BCUT2D eigenvalue weighted by Gasteiger charge is 2.15. The van der Waals surface area contributed by atoms with E-state index in [1.165, 1.54) is 0 Å². The first-order valence-corrected chi connectivity index (χ1v) is 7.31. The average molecular weight is 296 g/mol. The van der Waals surface area contributed by atoms with E-state index in [2.05, 4.69) is 20.3 Å². The molecule has 0 aliphatic carbocycles. The van der Waals surface area contributed by atoms with Crippen molar-refractivity contribution >= 4 is 5.96 Å². The Morgan fingerprint density at radius 2 is 2.33 bits per heavy atom. The number of nitrogens with two attached hydrogens (primary N) is 1. The van der Waals surface area contributed by atoms with E-state index < -0.39 is 0 Å². The van der Waals surface area contributed by atoms with Crippen molar-refractivity contribution in [3.05, 3.63) is 18.0 Å². The van der Waals surface area contributed by atoms with Crippen LogP contribution in [0, 0.1) is 0 Å². The first-order chi connectivity index (χ1) is 10.0. The van der Waals surface area contributed by atoms with E-state index in [4.69, 9.17) is 10.5 Å². The molecule has 1 aromatic heterocycles. The van der Waals surface area contributed by atoms with Crippen molar-refractivity contribution in [1.82, 2.24) is 20.0 Å². The molecule has 21 heavy (non-hydrogen) atoms. The Kier molecular flexibility index (Phi) is 7.78. The molecule has 1 rings (SSSR count). The van der Waals surface area contributed by atoms with Crippen molar-refractivity contribution in [2.45, 2.75) is 19.4 Å². The quantitative estimate of drug-likeness (QED) is 0.390. The Hall–Kier alpha value is -1.60. The maximum atomic E-state index is 5.88. The molecule has 120 valence electrons. The Balaban J connectivity index is 2.43. The number of nitrogens with zero attached hydrogens (tertiary/aromatic N) is 4. The molecule has 0 aliphatic heterocycles. The number of rotatable bonds is 9. The summed E-state index contributed by atoms with van der Waals surface area (Å²) in [4.78, 5) is 6.53. The van der Waals surface area contributed by atoms with E-state index in [0.717, 1.165) is 31.7 Å². The smallest absolute Gasteiger partial charge is 0.188 e. The molecule has 1 unspecified atom stereocenters. The number of hydrogen-bond donors (Lipinski definition) is 2. The highest BCUT2D eigenvalue weighted by molar-refractivity contribution is 5.77. The second-order valence-corrected chi connectivity index (χ2v) is 5.13. The number of guanidine groups is 1. The summed E-state index contributed by atoms with van der Waals surface area (Å²) in [7, 11) is 5.96. The van der Waals surface area contributed by atoms with Crippen LogP contribution in [-0.2, 0) is 11.8 Å². The molecule has 1 aromatic rings. The molecule has 7 heteroatoms. The maximum absolute atomic E-state index is 5.88. The van der Waals surface area contributed by atoms with E-state index >= 15 is 0 Å². The molecule has 0 spiro atoms. The largest absolute Gasteiger partial charge is 0.382 e. The van der Waals surface area contributed by atoms with Gasteiger partial charge in [0.05, 0.1) is 18.8 Å². The number of aliphatic imine (C=N–C) groups is 1. The van der Waals surface area contributed by atoms with Crippen molar-refractivity contribution < 1.29 is 4.74 Å². The molecular weight excluding hydrogens is 268 g/mol. The number of aromatic nitrogens is 2. The van der Waals surface area contributed by atoms with Crippen LogP contribution < -0.4 is 11.1 Å². The fraction of sp³-hybridized carbons (Fsp3) is 0.714. The summed E-state index contributed by atoms with van der Waals surface area (Å²) in [5.41, 5.74) is 7.01. The SMILES string of the molecule is CCOCCCNC(N)=NCC(c1cnn(C)c1)N(C)C. The van der Waals surface area contributed by atoms with Crippen molar-refractivity contribution in [2.24, 2.45) is 17.8 Å². The molecule has 0 saturated carbocycles. The average Bonchev–Trinajstić information content (AvgIpc) is 2.85. The molecule has 1 heterocycles. The lowest BCUT2D eigenvalue weighted by Crippen LogP contribution is -2.34. The first kappa shape index (κ1) is 17.5. The standard InChI is InChI=1S/C14H28N6O/c1-5-21-8-6-7-16-14(15)17-10-13(19(2)3)12-9-18-20(4)11-12/h9,11,13H,5-8,10H2,1-4H3,(H3,15,16,17). The predicted molar refractivity (Wildman–Crippen MR) is 85.2 cm³/mol. The summed E-state index contributed by atoms with van der Waals surface area (Å²) < 4.78 is 7.07. The van der Waals surface area contributed by atoms with Gasteiger partial charge in [-0.1, -0.05) is 0 Å². The van der Waals surface area contributed by atoms with Crippen LogP contribution in [0.3, 0.4) is 0 Å². The number of aryl methyl sites for hydroxylation is 1. The van der Waals surface area contributed by atoms with Gasteiger partial charge in [0.15, 0.2) is 5.96 Å². The Bertz CT molecular complexity index is 429. The summed E-state index contributed by atoms with van der Waals surface area (Å²) in [5, 5.41) is 7.31.